The van der Waals surface area contributed by atoms with E-state index in [4.69, 9.17) is 4.74 Å². The van der Waals surface area contributed by atoms with Crippen LogP contribution in [0.3, 0.4) is 0 Å². The second-order valence-electron chi connectivity index (χ2n) is 3.91. The Bertz CT molecular complexity index is 330. The highest BCUT2D eigenvalue weighted by Crippen LogP contribution is 2.18. The van der Waals surface area contributed by atoms with Crippen molar-refractivity contribution < 1.29 is 9.53 Å². The SMILES string of the molecule is CC(=O)SCCOc1ccc(C(C)C)cc1. The van der Waals surface area contributed by atoms with Crippen molar-refractivity contribution in [3.05, 3.63) is 29.8 Å². The lowest BCUT2D eigenvalue weighted by Crippen LogP contribution is -2.01. The van der Waals surface area contributed by atoms with E-state index in [9.17, 15) is 4.79 Å². The fourth-order valence-corrected chi connectivity index (χ4v) is 1.75. The topological polar surface area (TPSA) is 26.3 Å². The smallest absolute Gasteiger partial charge is 0.185 e. The maximum atomic E-state index is 10.7. The van der Waals surface area contributed by atoms with E-state index in [1.165, 1.54) is 17.3 Å². The van der Waals surface area contributed by atoms with Gasteiger partial charge in [0, 0.05) is 12.7 Å². The Morgan fingerprint density at radius 2 is 1.94 bits per heavy atom. The summed E-state index contributed by atoms with van der Waals surface area (Å²) in [5.74, 6) is 2.12. The highest BCUT2D eigenvalue weighted by atomic mass is 32.2. The van der Waals surface area contributed by atoms with Crippen molar-refractivity contribution >= 4 is 16.9 Å². The Morgan fingerprint density at radius 3 is 2.44 bits per heavy atom. The summed E-state index contributed by atoms with van der Waals surface area (Å²) in [4.78, 5) is 10.7. The number of ether oxygens (including phenoxy) is 1. The van der Waals surface area contributed by atoms with Crippen molar-refractivity contribution in [2.24, 2.45) is 0 Å². The van der Waals surface area contributed by atoms with E-state index >= 15 is 0 Å². The first-order chi connectivity index (χ1) is 7.59. The van der Waals surface area contributed by atoms with Gasteiger partial charge < -0.3 is 4.74 Å². The van der Waals surface area contributed by atoms with Gasteiger partial charge in [-0.3, -0.25) is 4.79 Å². The lowest BCUT2D eigenvalue weighted by atomic mass is 10.0. The van der Waals surface area contributed by atoms with Crippen LogP contribution < -0.4 is 4.74 Å². The van der Waals surface area contributed by atoms with Crippen LogP contribution in [-0.2, 0) is 4.79 Å². The number of carbonyl (C=O) groups excluding carboxylic acids is 1. The van der Waals surface area contributed by atoms with Gasteiger partial charge in [-0.05, 0) is 23.6 Å². The molecule has 0 bridgehead atoms. The normalized spacial score (nSPS) is 10.5. The Kier molecular flexibility index (Phi) is 5.39. The molecule has 0 aliphatic carbocycles. The van der Waals surface area contributed by atoms with Crippen LogP contribution in [-0.4, -0.2) is 17.5 Å². The van der Waals surface area contributed by atoms with Gasteiger partial charge in [0.25, 0.3) is 0 Å². The molecule has 0 fully saturated rings. The molecule has 0 N–H and O–H groups in total. The van der Waals surface area contributed by atoms with Crippen molar-refractivity contribution in [3.8, 4) is 5.75 Å². The van der Waals surface area contributed by atoms with Gasteiger partial charge in [-0.2, -0.15) is 0 Å². The first-order valence-electron chi connectivity index (χ1n) is 5.45. The second kappa shape index (κ2) is 6.59. The van der Waals surface area contributed by atoms with E-state index in [0.717, 1.165) is 5.75 Å². The van der Waals surface area contributed by atoms with Crippen molar-refractivity contribution in [1.82, 2.24) is 0 Å². The van der Waals surface area contributed by atoms with Crippen molar-refractivity contribution in [2.45, 2.75) is 26.7 Å². The molecule has 0 saturated heterocycles. The molecule has 3 heteroatoms. The first-order valence-corrected chi connectivity index (χ1v) is 6.44. The molecule has 0 radical (unpaired) electrons. The standard InChI is InChI=1S/C13H18O2S/c1-10(2)12-4-6-13(7-5-12)15-8-9-16-11(3)14/h4-7,10H,8-9H2,1-3H3. The van der Waals surface area contributed by atoms with Crippen molar-refractivity contribution in [2.75, 3.05) is 12.4 Å². The Balaban J connectivity index is 2.35. The van der Waals surface area contributed by atoms with Gasteiger partial charge in [0.1, 0.15) is 5.75 Å². The summed E-state index contributed by atoms with van der Waals surface area (Å²) < 4.78 is 5.52. The predicted molar refractivity (Wildman–Crippen MR) is 69.2 cm³/mol. The molecule has 0 spiro atoms. The molecule has 2 nitrogen and oxygen atoms in total. The van der Waals surface area contributed by atoms with Gasteiger partial charge in [-0.1, -0.05) is 37.7 Å². The minimum atomic E-state index is 0.138. The van der Waals surface area contributed by atoms with E-state index in [1.807, 2.05) is 12.1 Å². The molecule has 0 saturated carbocycles. The maximum Gasteiger partial charge on any atom is 0.185 e. The van der Waals surface area contributed by atoms with Crippen molar-refractivity contribution in [3.63, 3.8) is 0 Å². The van der Waals surface area contributed by atoms with Crippen LogP contribution in [0.5, 0.6) is 5.75 Å². The van der Waals surface area contributed by atoms with E-state index in [1.54, 1.807) is 6.92 Å². The predicted octanol–water partition coefficient (Wildman–Crippen LogP) is 3.47. The molecule has 16 heavy (non-hydrogen) atoms. The average Bonchev–Trinajstić information content (AvgIpc) is 2.25. The molecule has 0 aromatic heterocycles. The lowest BCUT2D eigenvalue weighted by Gasteiger charge is -2.08. The van der Waals surface area contributed by atoms with Gasteiger partial charge in [-0.15, -0.1) is 0 Å². The molecule has 88 valence electrons. The number of benzene rings is 1. The highest BCUT2D eigenvalue weighted by molar-refractivity contribution is 8.13. The Morgan fingerprint density at radius 1 is 1.31 bits per heavy atom. The van der Waals surface area contributed by atoms with E-state index in [2.05, 4.69) is 26.0 Å². The Hall–Kier alpha value is -0.960. The minimum Gasteiger partial charge on any atom is -0.493 e. The average molecular weight is 238 g/mol. The van der Waals surface area contributed by atoms with Gasteiger partial charge in [-0.25, -0.2) is 0 Å². The number of carbonyl (C=O) groups is 1. The summed E-state index contributed by atoms with van der Waals surface area (Å²) >= 11 is 1.29. The van der Waals surface area contributed by atoms with Crippen LogP contribution in [0.25, 0.3) is 0 Å². The summed E-state index contributed by atoms with van der Waals surface area (Å²) in [6.45, 7) is 6.48. The molecule has 0 unspecified atom stereocenters. The molecule has 0 atom stereocenters. The largest absolute Gasteiger partial charge is 0.493 e. The minimum absolute atomic E-state index is 0.138. The fraction of sp³-hybridized carbons (Fsp3) is 0.462. The van der Waals surface area contributed by atoms with Crippen molar-refractivity contribution in [1.29, 1.82) is 0 Å². The fourth-order valence-electron chi connectivity index (χ4n) is 1.29. The zero-order valence-corrected chi connectivity index (χ0v) is 10.8. The summed E-state index contributed by atoms with van der Waals surface area (Å²) in [5.41, 5.74) is 1.31. The summed E-state index contributed by atoms with van der Waals surface area (Å²) in [5, 5.41) is 0.138. The molecule has 1 aromatic rings. The quantitative estimate of drug-likeness (QED) is 0.735. The van der Waals surface area contributed by atoms with Crippen LogP contribution in [0.4, 0.5) is 0 Å². The molecule has 1 rings (SSSR count). The van der Waals surface area contributed by atoms with E-state index in [0.29, 0.717) is 18.3 Å². The molecule has 0 heterocycles. The lowest BCUT2D eigenvalue weighted by molar-refractivity contribution is -0.109. The zero-order chi connectivity index (χ0) is 12.0. The second-order valence-corrected chi connectivity index (χ2v) is 5.18. The molecule has 0 aliphatic rings. The molecular formula is C13H18O2S. The van der Waals surface area contributed by atoms with Gasteiger partial charge in [0.05, 0.1) is 6.61 Å². The summed E-state index contributed by atoms with van der Waals surface area (Å²) in [6, 6.07) is 8.12. The van der Waals surface area contributed by atoms with Gasteiger partial charge >= 0.3 is 0 Å². The Labute approximate surface area is 101 Å². The molecule has 0 amide bonds. The van der Waals surface area contributed by atoms with Crippen LogP contribution in [0.1, 0.15) is 32.3 Å². The third kappa shape index (κ3) is 4.71. The molecule has 0 aliphatic heterocycles. The number of thioether (sulfide) groups is 1. The van der Waals surface area contributed by atoms with Gasteiger partial charge in [0.15, 0.2) is 5.12 Å². The third-order valence-corrected chi connectivity index (χ3v) is 2.98. The van der Waals surface area contributed by atoms with E-state index < -0.39 is 0 Å². The molecule has 1 aromatic carbocycles. The number of hydrogen-bond acceptors (Lipinski definition) is 3. The van der Waals surface area contributed by atoms with Gasteiger partial charge in [0.2, 0.25) is 0 Å². The summed E-state index contributed by atoms with van der Waals surface area (Å²) in [7, 11) is 0. The number of rotatable bonds is 5. The first kappa shape index (κ1) is 13.1. The summed E-state index contributed by atoms with van der Waals surface area (Å²) in [6.07, 6.45) is 0. The van der Waals surface area contributed by atoms with E-state index in [-0.39, 0.29) is 5.12 Å². The van der Waals surface area contributed by atoms with Crippen LogP contribution in [0.15, 0.2) is 24.3 Å². The highest BCUT2D eigenvalue weighted by Gasteiger charge is 2.00. The van der Waals surface area contributed by atoms with Crippen LogP contribution in [0.2, 0.25) is 0 Å². The monoisotopic (exact) mass is 238 g/mol. The molecular weight excluding hydrogens is 220 g/mol. The number of hydrogen-bond donors (Lipinski definition) is 0. The van der Waals surface area contributed by atoms with Crippen LogP contribution in [0, 0.1) is 0 Å². The zero-order valence-electron chi connectivity index (χ0n) is 10.0. The third-order valence-electron chi connectivity index (χ3n) is 2.20. The van der Waals surface area contributed by atoms with Crippen LogP contribution >= 0.6 is 11.8 Å². The maximum absolute atomic E-state index is 10.7.